The molecule has 0 aromatic heterocycles. The molecule has 0 saturated carbocycles. The van der Waals surface area contributed by atoms with Gasteiger partial charge in [-0.15, -0.1) is 0 Å². The Balaban J connectivity index is 2.63. The van der Waals surface area contributed by atoms with E-state index < -0.39 is 8.24 Å². The average Bonchev–Trinajstić information content (AvgIpc) is 2.41. The molecule has 1 aromatic carbocycles. The van der Waals surface area contributed by atoms with E-state index in [9.17, 15) is 4.79 Å². The van der Waals surface area contributed by atoms with Gasteiger partial charge < -0.3 is 4.57 Å². The summed E-state index contributed by atoms with van der Waals surface area (Å²) in [5, 5.41) is 0.105. The molecule has 1 aliphatic heterocycles. The Morgan fingerprint density at radius 2 is 1.80 bits per heavy atom. The molecule has 0 aliphatic carbocycles. The van der Waals surface area contributed by atoms with Crippen LogP contribution in [0.25, 0.3) is 0 Å². The van der Waals surface area contributed by atoms with Gasteiger partial charge in [0.05, 0.1) is 17.8 Å². The lowest BCUT2D eigenvalue weighted by atomic mass is 10.2. The molecule has 0 bridgehead atoms. The fourth-order valence-electron chi connectivity index (χ4n) is 2.37. The molecule has 0 unspecified atom stereocenters. The molecule has 20 heavy (non-hydrogen) atoms. The van der Waals surface area contributed by atoms with E-state index in [1.165, 1.54) is 0 Å². The normalized spacial score (nSPS) is 16.6. The molecule has 108 valence electrons. The lowest BCUT2D eigenvalue weighted by Gasteiger charge is -2.45. The Kier molecular flexibility index (Phi) is 3.63. The van der Waals surface area contributed by atoms with Crippen LogP contribution in [0.4, 0.5) is 11.4 Å². The van der Waals surface area contributed by atoms with Crippen molar-refractivity contribution in [2.24, 2.45) is 4.99 Å². The quantitative estimate of drug-likeness (QED) is 0.699. The van der Waals surface area contributed by atoms with E-state index in [2.05, 4.69) is 43.4 Å². The molecule has 0 atom stereocenters. The number of amides is 1. The number of hydrogen-bond donors (Lipinski definition) is 0. The molecule has 0 radical (unpaired) electrons. The van der Waals surface area contributed by atoms with Crippen molar-refractivity contribution in [3.63, 3.8) is 0 Å². The summed E-state index contributed by atoms with van der Waals surface area (Å²) in [7, 11) is -1.97. The minimum atomic E-state index is -1.97. The van der Waals surface area contributed by atoms with Gasteiger partial charge >= 0.3 is 0 Å². The van der Waals surface area contributed by atoms with Crippen LogP contribution in [0.2, 0.25) is 18.1 Å². The molecule has 4 heteroatoms. The Morgan fingerprint density at radius 1 is 1.20 bits per heavy atom. The Labute approximate surface area is 122 Å². The largest absolute Gasteiger partial charge is 0.338 e. The zero-order chi connectivity index (χ0) is 15.1. The molecule has 0 N–H and O–H groups in total. The highest BCUT2D eigenvalue weighted by Crippen LogP contribution is 2.44. The topological polar surface area (TPSA) is 32.7 Å². The van der Waals surface area contributed by atoms with Crippen molar-refractivity contribution in [1.29, 1.82) is 0 Å². The van der Waals surface area contributed by atoms with Gasteiger partial charge in [0.15, 0.2) is 8.24 Å². The van der Waals surface area contributed by atoms with Gasteiger partial charge in [-0.05, 0) is 24.1 Å². The number of aliphatic imine (C=N–C) groups is 1. The summed E-state index contributed by atoms with van der Waals surface area (Å²) >= 11 is 0. The Bertz CT molecular complexity index is 570. The highest BCUT2D eigenvalue weighted by molar-refractivity contribution is 6.86. The summed E-state index contributed by atoms with van der Waals surface area (Å²) in [5.74, 6) is 0.183. The SMILES string of the molecule is CC1=Nc2ccccc2N([Si](C)(C)C(C)(C)C)C(=O)C1. The third-order valence-corrected chi connectivity index (χ3v) is 9.76. The maximum atomic E-state index is 12.8. The van der Waals surface area contributed by atoms with E-state index in [0.717, 1.165) is 17.1 Å². The first kappa shape index (κ1) is 15.0. The summed E-state index contributed by atoms with van der Waals surface area (Å²) in [4.78, 5) is 17.4. The van der Waals surface area contributed by atoms with E-state index in [1.807, 2.05) is 31.2 Å². The molecule has 0 spiro atoms. The summed E-state index contributed by atoms with van der Waals surface area (Å²) in [5.41, 5.74) is 2.78. The summed E-state index contributed by atoms with van der Waals surface area (Å²) in [6.45, 7) is 13.2. The second-order valence-electron chi connectivity index (χ2n) is 7.05. The lowest BCUT2D eigenvalue weighted by Crippen LogP contribution is -2.58. The fraction of sp³-hybridized carbons (Fsp3) is 0.500. The molecule has 1 heterocycles. The van der Waals surface area contributed by atoms with Crippen LogP contribution >= 0.6 is 0 Å². The zero-order valence-corrected chi connectivity index (χ0v) is 14.3. The Morgan fingerprint density at radius 3 is 2.40 bits per heavy atom. The van der Waals surface area contributed by atoms with Crippen LogP contribution in [0.5, 0.6) is 0 Å². The van der Waals surface area contributed by atoms with Crippen molar-refractivity contribution >= 4 is 31.2 Å². The smallest absolute Gasteiger partial charge is 0.224 e. The van der Waals surface area contributed by atoms with Gasteiger partial charge in [-0.3, -0.25) is 9.79 Å². The van der Waals surface area contributed by atoms with Gasteiger partial charge in [-0.2, -0.15) is 0 Å². The molecule has 1 aromatic rings. The molecule has 0 saturated heterocycles. The highest BCUT2D eigenvalue weighted by atomic mass is 28.3. The van der Waals surface area contributed by atoms with E-state index in [0.29, 0.717) is 6.42 Å². The van der Waals surface area contributed by atoms with Crippen molar-refractivity contribution < 1.29 is 4.79 Å². The lowest BCUT2D eigenvalue weighted by molar-refractivity contribution is -0.116. The predicted octanol–water partition coefficient (Wildman–Crippen LogP) is 4.52. The predicted molar refractivity (Wildman–Crippen MR) is 88.5 cm³/mol. The van der Waals surface area contributed by atoms with Crippen LogP contribution in [-0.2, 0) is 4.79 Å². The summed E-state index contributed by atoms with van der Waals surface area (Å²) in [6, 6.07) is 7.99. The first-order chi connectivity index (χ1) is 9.14. The minimum Gasteiger partial charge on any atom is -0.338 e. The van der Waals surface area contributed by atoms with Gasteiger partial charge in [0.2, 0.25) is 5.91 Å². The van der Waals surface area contributed by atoms with E-state index in [4.69, 9.17) is 0 Å². The van der Waals surface area contributed by atoms with E-state index in [1.54, 1.807) is 0 Å². The number of benzene rings is 1. The first-order valence-electron chi connectivity index (χ1n) is 7.11. The number of nitrogens with zero attached hydrogens (tertiary/aromatic N) is 2. The van der Waals surface area contributed by atoms with Crippen molar-refractivity contribution in [2.45, 2.75) is 52.2 Å². The van der Waals surface area contributed by atoms with Crippen LogP contribution in [0.15, 0.2) is 29.3 Å². The summed E-state index contributed by atoms with van der Waals surface area (Å²) < 4.78 is 2.07. The monoisotopic (exact) mass is 288 g/mol. The summed E-state index contributed by atoms with van der Waals surface area (Å²) in [6.07, 6.45) is 0.418. The molecule has 3 nitrogen and oxygen atoms in total. The number of para-hydroxylation sites is 2. The van der Waals surface area contributed by atoms with Crippen molar-refractivity contribution in [1.82, 2.24) is 0 Å². The van der Waals surface area contributed by atoms with Crippen molar-refractivity contribution in [2.75, 3.05) is 4.57 Å². The zero-order valence-electron chi connectivity index (χ0n) is 13.3. The van der Waals surface area contributed by atoms with E-state index >= 15 is 0 Å². The second-order valence-corrected chi connectivity index (χ2v) is 12.1. The van der Waals surface area contributed by atoms with Gasteiger partial charge in [-0.1, -0.05) is 46.0 Å². The third kappa shape index (κ3) is 2.44. The van der Waals surface area contributed by atoms with Crippen LogP contribution in [0.3, 0.4) is 0 Å². The molecular formula is C16H24N2OSi. The van der Waals surface area contributed by atoms with Gasteiger partial charge in [0.25, 0.3) is 0 Å². The van der Waals surface area contributed by atoms with Crippen LogP contribution in [0, 0.1) is 0 Å². The van der Waals surface area contributed by atoms with E-state index in [-0.39, 0.29) is 10.9 Å². The third-order valence-electron chi connectivity index (χ3n) is 4.48. The van der Waals surface area contributed by atoms with Crippen molar-refractivity contribution in [3.05, 3.63) is 24.3 Å². The molecule has 1 amide bonds. The van der Waals surface area contributed by atoms with Gasteiger partial charge in [-0.25, -0.2) is 0 Å². The average molecular weight is 288 g/mol. The number of carbonyl (C=O) groups is 1. The molecule has 0 fully saturated rings. The minimum absolute atomic E-state index is 0.105. The molecular weight excluding hydrogens is 264 g/mol. The standard InChI is InChI=1S/C16H24N2OSi/c1-12-11-15(19)18(20(5,6)16(2,3)4)14-10-8-7-9-13(14)17-12/h7-10H,11H2,1-6H3. The fourth-order valence-corrected chi connectivity index (χ4v) is 4.54. The maximum Gasteiger partial charge on any atom is 0.224 e. The van der Waals surface area contributed by atoms with Crippen LogP contribution in [0.1, 0.15) is 34.1 Å². The second kappa shape index (κ2) is 4.84. The van der Waals surface area contributed by atoms with Gasteiger partial charge in [0.1, 0.15) is 0 Å². The maximum absolute atomic E-state index is 12.8. The van der Waals surface area contributed by atoms with Crippen molar-refractivity contribution in [3.8, 4) is 0 Å². The number of carbonyl (C=O) groups excluding carboxylic acids is 1. The first-order valence-corrected chi connectivity index (χ1v) is 10.1. The number of fused-ring (bicyclic) bond motifs is 1. The highest BCUT2D eigenvalue weighted by Gasteiger charge is 2.45. The van der Waals surface area contributed by atoms with Gasteiger partial charge in [0, 0.05) is 5.71 Å². The number of hydrogen-bond acceptors (Lipinski definition) is 2. The number of rotatable bonds is 1. The molecule has 1 aliphatic rings. The molecule has 2 rings (SSSR count). The Hall–Kier alpha value is -1.42. The number of anilines is 1. The van der Waals surface area contributed by atoms with Crippen LogP contribution in [-0.4, -0.2) is 19.9 Å². The van der Waals surface area contributed by atoms with Crippen LogP contribution < -0.4 is 4.57 Å².